The Kier molecular flexibility index (Phi) is 5.85. The van der Waals surface area contributed by atoms with E-state index in [1.165, 1.54) is 11.1 Å². The Balaban J connectivity index is 1.27. The standard InChI is InChI=1S/C28H25N3O2/c1-19-6-4-9-22(18-19)27-29-17-16-26(31-27)33-23-14-12-21(13-15-23)28(32)30-25-11-5-8-20-7-2-3-10-24(20)25/h2-4,6-7,9-10,12-18,25H,5,8,11H2,1H3,(H,30,32)/t25-/m0/s1. The highest BCUT2D eigenvalue weighted by Crippen LogP contribution is 2.30. The number of rotatable bonds is 5. The third-order valence-corrected chi connectivity index (χ3v) is 5.92. The number of aromatic nitrogens is 2. The molecule has 1 heterocycles. The molecular weight excluding hydrogens is 410 g/mol. The van der Waals surface area contributed by atoms with E-state index in [0.29, 0.717) is 23.0 Å². The van der Waals surface area contributed by atoms with Crippen molar-refractivity contribution < 1.29 is 9.53 Å². The molecule has 3 aromatic carbocycles. The molecule has 1 amide bonds. The molecule has 0 aliphatic heterocycles. The third kappa shape index (κ3) is 4.77. The molecule has 164 valence electrons. The Morgan fingerprint density at radius 3 is 2.70 bits per heavy atom. The molecule has 5 nitrogen and oxygen atoms in total. The Hall–Kier alpha value is -3.99. The third-order valence-electron chi connectivity index (χ3n) is 5.92. The number of nitrogens with one attached hydrogen (secondary N) is 1. The molecule has 0 unspecified atom stereocenters. The fourth-order valence-electron chi connectivity index (χ4n) is 4.26. The average Bonchev–Trinajstić information content (AvgIpc) is 2.85. The second-order valence-corrected chi connectivity index (χ2v) is 8.33. The Bertz CT molecular complexity index is 1280. The van der Waals surface area contributed by atoms with Crippen LogP contribution in [0.4, 0.5) is 0 Å². The van der Waals surface area contributed by atoms with Crippen molar-refractivity contribution in [2.75, 3.05) is 0 Å². The number of carbonyl (C=O) groups is 1. The topological polar surface area (TPSA) is 64.1 Å². The number of fused-ring (bicyclic) bond motifs is 1. The van der Waals surface area contributed by atoms with Gasteiger partial charge in [0.15, 0.2) is 5.82 Å². The summed E-state index contributed by atoms with van der Waals surface area (Å²) in [5.41, 5.74) is 5.25. The number of ether oxygens (including phenoxy) is 1. The van der Waals surface area contributed by atoms with Crippen LogP contribution in [0.3, 0.4) is 0 Å². The van der Waals surface area contributed by atoms with Gasteiger partial charge >= 0.3 is 0 Å². The van der Waals surface area contributed by atoms with Gasteiger partial charge in [-0.25, -0.2) is 4.98 Å². The molecule has 1 aromatic heterocycles. The minimum atomic E-state index is -0.0768. The lowest BCUT2D eigenvalue weighted by atomic mass is 9.87. The maximum atomic E-state index is 12.8. The summed E-state index contributed by atoms with van der Waals surface area (Å²) in [6.07, 6.45) is 4.80. The van der Waals surface area contributed by atoms with Crippen LogP contribution in [0.5, 0.6) is 11.6 Å². The smallest absolute Gasteiger partial charge is 0.251 e. The lowest BCUT2D eigenvalue weighted by molar-refractivity contribution is 0.0932. The quantitative estimate of drug-likeness (QED) is 0.414. The van der Waals surface area contributed by atoms with Crippen LogP contribution in [-0.2, 0) is 6.42 Å². The zero-order chi connectivity index (χ0) is 22.6. The number of aryl methyl sites for hydroxylation is 2. The van der Waals surface area contributed by atoms with E-state index in [2.05, 4.69) is 33.5 Å². The van der Waals surface area contributed by atoms with E-state index in [1.807, 2.05) is 37.3 Å². The fourth-order valence-corrected chi connectivity index (χ4v) is 4.26. The van der Waals surface area contributed by atoms with E-state index in [-0.39, 0.29) is 11.9 Å². The predicted octanol–water partition coefficient (Wildman–Crippen LogP) is 6.05. The van der Waals surface area contributed by atoms with Crippen molar-refractivity contribution in [2.24, 2.45) is 0 Å². The first kappa shape index (κ1) is 20.9. The van der Waals surface area contributed by atoms with Crippen molar-refractivity contribution in [1.82, 2.24) is 15.3 Å². The molecule has 33 heavy (non-hydrogen) atoms. The van der Waals surface area contributed by atoms with E-state index >= 15 is 0 Å². The number of hydrogen-bond donors (Lipinski definition) is 1. The zero-order valence-corrected chi connectivity index (χ0v) is 18.5. The summed E-state index contributed by atoms with van der Waals surface area (Å²) in [4.78, 5) is 21.7. The van der Waals surface area contributed by atoms with Gasteiger partial charge in [0.25, 0.3) is 5.91 Å². The summed E-state index contributed by atoms with van der Waals surface area (Å²) in [5.74, 6) is 1.60. The summed E-state index contributed by atoms with van der Waals surface area (Å²) >= 11 is 0. The van der Waals surface area contributed by atoms with Crippen LogP contribution in [0, 0.1) is 6.92 Å². The number of hydrogen-bond acceptors (Lipinski definition) is 4. The molecule has 0 radical (unpaired) electrons. The van der Waals surface area contributed by atoms with Gasteiger partial charge in [-0.05, 0) is 67.6 Å². The van der Waals surface area contributed by atoms with Gasteiger partial charge in [0.1, 0.15) is 5.75 Å². The molecule has 1 aliphatic carbocycles. The monoisotopic (exact) mass is 435 g/mol. The first-order valence-electron chi connectivity index (χ1n) is 11.2. The van der Waals surface area contributed by atoms with Crippen molar-refractivity contribution in [3.05, 3.63) is 107 Å². The number of amides is 1. The first-order valence-corrected chi connectivity index (χ1v) is 11.2. The lowest BCUT2D eigenvalue weighted by Gasteiger charge is -2.26. The highest BCUT2D eigenvalue weighted by atomic mass is 16.5. The van der Waals surface area contributed by atoms with Gasteiger partial charge in [0, 0.05) is 23.4 Å². The molecule has 5 heteroatoms. The van der Waals surface area contributed by atoms with Crippen LogP contribution in [0.1, 0.15) is 45.9 Å². The van der Waals surface area contributed by atoms with E-state index < -0.39 is 0 Å². The minimum Gasteiger partial charge on any atom is -0.439 e. The number of carbonyl (C=O) groups excluding carboxylic acids is 1. The van der Waals surface area contributed by atoms with E-state index in [0.717, 1.165) is 30.4 Å². The second-order valence-electron chi connectivity index (χ2n) is 8.33. The summed E-state index contributed by atoms with van der Waals surface area (Å²) < 4.78 is 5.92. The van der Waals surface area contributed by atoms with Crippen molar-refractivity contribution in [3.63, 3.8) is 0 Å². The van der Waals surface area contributed by atoms with Gasteiger partial charge in [0.2, 0.25) is 5.88 Å². The maximum Gasteiger partial charge on any atom is 0.251 e. The fraction of sp³-hybridized carbons (Fsp3) is 0.179. The van der Waals surface area contributed by atoms with Crippen molar-refractivity contribution in [1.29, 1.82) is 0 Å². The molecule has 1 aliphatic rings. The van der Waals surface area contributed by atoms with Crippen LogP contribution >= 0.6 is 0 Å². The van der Waals surface area contributed by atoms with Gasteiger partial charge in [-0.3, -0.25) is 4.79 Å². The van der Waals surface area contributed by atoms with Gasteiger partial charge in [-0.2, -0.15) is 4.98 Å². The highest BCUT2D eigenvalue weighted by Gasteiger charge is 2.21. The molecule has 0 fully saturated rings. The summed E-state index contributed by atoms with van der Waals surface area (Å²) in [6.45, 7) is 2.04. The maximum absolute atomic E-state index is 12.8. The van der Waals surface area contributed by atoms with Crippen molar-refractivity contribution >= 4 is 5.91 Å². The van der Waals surface area contributed by atoms with Crippen molar-refractivity contribution in [3.8, 4) is 23.0 Å². The molecular formula is C28H25N3O2. The summed E-state index contributed by atoms with van der Waals surface area (Å²) in [6, 6.07) is 25.3. The number of nitrogens with zero attached hydrogens (tertiary/aromatic N) is 2. The molecule has 0 saturated carbocycles. The van der Waals surface area contributed by atoms with Gasteiger partial charge in [0.05, 0.1) is 6.04 Å². The molecule has 0 saturated heterocycles. The molecule has 4 aromatic rings. The van der Waals surface area contributed by atoms with Crippen LogP contribution < -0.4 is 10.1 Å². The molecule has 1 atom stereocenters. The minimum absolute atomic E-state index is 0.0550. The summed E-state index contributed by atoms with van der Waals surface area (Å²) in [7, 11) is 0. The average molecular weight is 436 g/mol. The predicted molar refractivity (Wildman–Crippen MR) is 128 cm³/mol. The molecule has 5 rings (SSSR count). The van der Waals surface area contributed by atoms with Gasteiger partial charge in [-0.15, -0.1) is 0 Å². The molecule has 1 N–H and O–H groups in total. The van der Waals surface area contributed by atoms with E-state index in [1.54, 1.807) is 36.5 Å². The van der Waals surface area contributed by atoms with Crippen molar-refractivity contribution in [2.45, 2.75) is 32.2 Å². The van der Waals surface area contributed by atoms with Crippen LogP contribution in [-0.4, -0.2) is 15.9 Å². The van der Waals surface area contributed by atoms with Gasteiger partial charge in [-0.1, -0.05) is 48.0 Å². The lowest BCUT2D eigenvalue weighted by Crippen LogP contribution is -2.30. The van der Waals surface area contributed by atoms with E-state index in [9.17, 15) is 4.79 Å². The second kappa shape index (κ2) is 9.25. The molecule has 0 spiro atoms. The van der Waals surface area contributed by atoms with E-state index in [4.69, 9.17) is 4.74 Å². The largest absolute Gasteiger partial charge is 0.439 e. The Morgan fingerprint density at radius 2 is 1.85 bits per heavy atom. The SMILES string of the molecule is Cc1cccc(-c2nccc(Oc3ccc(C(=O)N[C@H]4CCCc5ccccc54)cc3)n2)c1. The number of benzene rings is 3. The summed E-state index contributed by atoms with van der Waals surface area (Å²) in [5, 5.41) is 3.19. The highest BCUT2D eigenvalue weighted by molar-refractivity contribution is 5.94. The first-order chi connectivity index (χ1) is 16.2. The van der Waals surface area contributed by atoms with Crippen LogP contribution in [0.25, 0.3) is 11.4 Å². The van der Waals surface area contributed by atoms with Gasteiger partial charge < -0.3 is 10.1 Å². The molecule has 0 bridgehead atoms. The normalized spacial score (nSPS) is 14.9. The zero-order valence-electron chi connectivity index (χ0n) is 18.5. The Labute approximate surface area is 193 Å². The Morgan fingerprint density at radius 1 is 1.00 bits per heavy atom. The van der Waals surface area contributed by atoms with Crippen LogP contribution in [0.2, 0.25) is 0 Å². The van der Waals surface area contributed by atoms with Crippen LogP contribution in [0.15, 0.2) is 85.1 Å².